The van der Waals surface area contributed by atoms with Gasteiger partial charge in [0.2, 0.25) is 5.75 Å². The molecule has 0 aromatic heterocycles. The molecule has 12 heteroatoms. The van der Waals surface area contributed by atoms with Crippen LogP contribution in [0.3, 0.4) is 0 Å². The molecule has 1 N–H and O–H groups in total. The van der Waals surface area contributed by atoms with Gasteiger partial charge in [-0.3, -0.25) is 4.72 Å². The van der Waals surface area contributed by atoms with Crippen molar-refractivity contribution in [1.82, 2.24) is 0 Å². The van der Waals surface area contributed by atoms with Crippen LogP contribution < -0.4 is 28.4 Å². The largest absolute Gasteiger partial charge is 0.493 e. The molecule has 0 heterocycles. The zero-order valence-electron chi connectivity index (χ0n) is 21.2. The lowest BCUT2D eigenvalue weighted by Crippen LogP contribution is -2.14. The summed E-state index contributed by atoms with van der Waals surface area (Å²) in [6, 6.07) is 9.73. The minimum absolute atomic E-state index is 0.0243. The van der Waals surface area contributed by atoms with Gasteiger partial charge in [-0.1, -0.05) is 12.2 Å². The van der Waals surface area contributed by atoms with Crippen molar-refractivity contribution in [2.75, 3.05) is 40.3 Å². The van der Waals surface area contributed by atoms with Crippen LogP contribution in [0.5, 0.6) is 28.7 Å². The Labute approximate surface area is 218 Å². The molecule has 8 nitrogen and oxygen atoms in total. The summed E-state index contributed by atoms with van der Waals surface area (Å²) in [6.45, 7) is 0. The number of anilines is 1. The quantitative estimate of drug-likeness (QED) is 0.321. The number of halogens is 3. The number of rotatable bonds is 10. The molecule has 204 valence electrons. The molecule has 3 aromatic rings. The third-order valence-corrected chi connectivity index (χ3v) is 6.77. The summed E-state index contributed by atoms with van der Waals surface area (Å²) < 4.78 is 93.8. The molecule has 0 bridgehead atoms. The van der Waals surface area contributed by atoms with Crippen LogP contribution in [0, 0.1) is 0 Å². The van der Waals surface area contributed by atoms with Crippen molar-refractivity contribution >= 4 is 27.9 Å². The van der Waals surface area contributed by atoms with Crippen molar-refractivity contribution in [3.05, 3.63) is 65.2 Å². The summed E-state index contributed by atoms with van der Waals surface area (Å²) in [6.07, 6.45) is -1.16. The van der Waals surface area contributed by atoms with Crippen LogP contribution >= 0.6 is 0 Å². The Kier molecular flexibility index (Phi) is 8.67. The summed E-state index contributed by atoms with van der Waals surface area (Å²) >= 11 is 0. The van der Waals surface area contributed by atoms with E-state index in [0.29, 0.717) is 40.5 Å². The fourth-order valence-electron chi connectivity index (χ4n) is 3.57. The summed E-state index contributed by atoms with van der Waals surface area (Å²) in [5, 5.41) is 0. The van der Waals surface area contributed by atoms with E-state index in [4.69, 9.17) is 23.7 Å². The van der Waals surface area contributed by atoms with E-state index in [1.165, 1.54) is 41.6 Å². The Bertz CT molecular complexity index is 1390. The average molecular weight is 554 g/mol. The standard InChI is InChI=1S/C26H26F3NO7S/c1-33-21-13-16(6-7-17-14-22(34-2)25(37-5)23(15-17)35-3)12-20(24(21)36-4)30-38(31,32)19-10-8-18(9-11-19)26(27,28)29/h6-15,30H,1-5H3. The van der Waals surface area contributed by atoms with Crippen molar-refractivity contribution in [3.63, 3.8) is 0 Å². The van der Waals surface area contributed by atoms with Gasteiger partial charge in [-0.05, 0) is 59.7 Å². The van der Waals surface area contributed by atoms with E-state index in [1.807, 2.05) is 0 Å². The highest BCUT2D eigenvalue weighted by atomic mass is 32.2. The Morgan fingerprint density at radius 3 is 1.55 bits per heavy atom. The first kappa shape index (κ1) is 28.5. The number of methoxy groups -OCH3 is 5. The monoisotopic (exact) mass is 553 g/mol. The van der Waals surface area contributed by atoms with Gasteiger partial charge >= 0.3 is 6.18 Å². The van der Waals surface area contributed by atoms with Gasteiger partial charge in [0.05, 0.1) is 51.7 Å². The van der Waals surface area contributed by atoms with Crippen LogP contribution in [0.2, 0.25) is 0 Å². The van der Waals surface area contributed by atoms with E-state index >= 15 is 0 Å². The van der Waals surface area contributed by atoms with Crippen LogP contribution in [0.25, 0.3) is 12.2 Å². The maximum Gasteiger partial charge on any atom is 0.416 e. The number of benzene rings is 3. The van der Waals surface area contributed by atoms with Crippen LogP contribution in [-0.4, -0.2) is 44.0 Å². The van der Waals surface area contributed by atoms with Crippen molar-refractivity contribution in [2.45, 2.75) is 11.1 Å². The molecule has 0 amide bonds. The number of ether oxygens (including phenoxy) is 5. The first-order valence-electron chi connectivity index (χ1n) is 10.9. The second-order valence-electron chi connectivity index (χ2n) is 7.72. The molecule has 38 heavy (non-hydrogen) atoms. The highest BCUT2D eigenvalue weighted by molar-refractivity contribution is 7.92. The van der Waals surface area contributed by atoms with Crippen molar-refractivity contribution in [1.29, 1.82) is 0 Å². The molecule has 0 unspecified atom stereocenters. The van der Waals surface area contributed by atoms with E-state index in [2.05, 4.69) is 4.72 Å². The zero-order valence-corrected chi connectivity index (χ0v) is 22.0. The van der Waals surface area contributed by atoms with Gasteiger partial charge in [0.15, 0.2) is 23.0 Å². The Morgan fingerprint density at radius 1 is 0.684 bits per heavy atom. The topological polar surface area (TPSA) is 92.3 Å². The molecule has 0 fully saturated rings. The first-order valence-corrected chi connectivity index (χ1v) is 12.4. The number of hydrogen-bond donors (Lipinski definition) is 1. The highest BCUT2D eigenvalue weighted by Gasteiger charge is 2.31. The SMILES string of the molecule is COc1cc(C=Cc2cc(OC)c(OC)c(OC)c2)cc(NS(=O)(=O)c2ccc(C(F)(F)F)cc2)c1OC. The van der Waals surface area contributed by atoms with Crippen LogP contribution in [-0.2, 0) is 16.2 Å². The number of nitrogens with one attached hydrogen (secondary N) is 1. The molecule has 0 aliphatic carbocycles. The molecule has 0 aliphatic rings. The van der Waals surface area contributed by atoms with Gasteiger partial charge in [0, 0.05) is 0 Å². The lowest BCUT2D eigenvalue weighted by atomic mass is 10.1. The smallest absolute Gasteiger partial charge is 0.416 e. The minimum Gasteiger partial charge on any atom is -0.493 e. The minimum atomic E-state index is -4.59. The third-order valence-electron chi connectivity index (χ3n) is 5.39. The summed E-state index contributed by atoms with van der Waals surface area (Å²) in [7, 11) is 2.93. The van der Waals surface area contributed by atoms with Crippen LogP contribution in [0.4, 0.5) is 18.9 Å². The molecule has 3 aromatic carbocycles. The molecular weight excluding hydrogens is 527 g/mol. The second-order valence-corrected chi connectivity index (χ2v) is 9.41. The lowest BCUT2D eigenvalue weighted by Gasteiger charge is -2.16. The molecule has 0 spiro atoms. The van der Waals surface area contributed by atoms with Gasteiger partial charge in [0.1, 0.15) is 0 Å². The molecular formula is C26H26F3NO7S. The normalized spacial score (nSPS) is 11.8. The van der Waals surface area contributed by atoms with E-state index in [-0.39, 0.29) is 22.1 Å². The van der Waals surface area contributed by atoms with Gasteiger partial charge in [0.25, 0.3) is 10.0 Å². The molecule has 0 saturated carbocycles. The fraction of sp³-hybridized carbons (Fsp3) is 0.231. The summed E-state index contributed by atoms with van der Waals surface area (Å²) in [5.41, 5.74) is 0.286. The maximum absolute atomic E-state index is 13.0. The molecule has 0 aliphatic heterocycles. The molecule has 3 rings (SSSR count). The van der Waals surface area contributed by atoms with Gasteiger partial charge in [-0.25, -0.2) is 8.42 Å². The number of hydrogen-bond acceptors (Lipinski definition) is 7. The van der Waals surface area contributed by atoms with Crippen molar-refractivity contribution < 1.29 is 45.3 Å². The third kappa shape index (κ3) is 6.25. The van der Waals surface area contributed by atoms with Gasteiger partial charge in [-0.2, -0.15) is 13.2 Å². The highest BCUT2D eigenvalue weighted by Crippen LogP contribution is 2.40. The predicted octanol–water partition coefficient (Wildman–Crippen LogP) is 5.72. The maximum atomic E-state index is 13.0. The second kappa shape index (κ2) is 11.5. The molecule has 0 radical (unpaired) electrons. The van der Waals surface area contributed by atoms with E-state index < -0.39 is 21.8 Å². The average Bonchev–Trinajstić information content (AvgIpc) is 2.90. The Balaban J connectivity index is 2.01. The van der Waals surface area contributed by atoms with E-state index in [1.54, 1.807) is 30.4 Å². The summed E-state index contributed by atoms with van der Waals surface area (Å²) in [4.78, 5) is -0.357. The van der Waals surface area contributed by atoms with Gasteiger partial charge < -0.3 is 23.7 Å². The van der Waals surface area contributed by atoms with E-state index in [0.717, 1.165) is 12.1 Å². The van der Waals surface area contributed by atoms with Gasteiger partial charge in [-0.15, -0.1) is 0 Å². The van der Waals surface area contributed by atoms with Crippen LogP contribution in [0.1, 0.15) is 16.7 Å². The lowest BCUT2D eigenvalue weighted by molar-refractivity contribution is -0.137. The Morgan fingerprint density at radius 2 is 1.13 bits per heavy atom. The van der Waals surface area contributed by atoms with Crippen LogP contribution in [0.15, 0.2) is 53.4 Å². The fourth-order valence-corrected chi connectivity index (χ4v) is 4.63. The number of sulfonamides is 1. The molecule has 0 atom stereocenters. The Hall–Kier alpha value is -4.06. The summed E-state index contributed by atoms with van der Waals surface area (Å²) in [5.74, 6) is 1.64. The predicted molar refractivity (Wildman–Crippen MR) is 137 cm³/mol. The van der Waals surface area contributed by atoms with Crippen molar-refractivity contribution in [3.8, 4) is 28.7 Å². The zero-order chi connectivity index (χ0) is 28.1. The molecule has 0 saturated heterocycles. The van der Waals surface area contributed by atoms with E-state index in [9.17, 15) is 21.6 Å². The number of alkyl halides is 3. The van der Waals surface area contributed by atoms with Crippen molar-refractivity contribution in [2.24, 2.45) is 0 Å². The first-order chi connectivity index (χ1) is 18.0.